The highest BCUT2D eigenvalue weighted by Crippen LogP contribution is 2.49. The number of rotatable bonds is 6. The number of carbonyl (C=O) groups is 1. The molecule has 1 aliphatic carbocycles. The summed E-state index contributed by atoms with van der Waals surface area (Å²) in [4.78, 5) is 12.9. The fraction of sp³-hybridized carbons (Fsp3) is 0.350. The normalized spacial score (nSPS) is 16.0. The molecule has 0 bridgehead atoms. The van der Waals surface area contributed by atoms with Crippen LogP contribution in [0, 0.1) is 0 Å². The zero-order valence-electron chi connectivity index (χ0n) is 14.6. The van der Waals surface area contributed by atoms with Crippen LogP contribution in [0.4, 0.5) is 0 Å². The number of benzene rings is 2. The summed E-state index contributed by atoms with van der Waals surface area (Å²) >= 11 is 6.09. The first-order valence-electron chi connectivity index (χ1n) is 8.29. The van der Waals surface area contributed by atoms with E-state index in [-0.39, 0.29) is 11.9 Å². The first kappa shape index (κ1) is 17.6. The van der Waals surface area contributed by atoms with Crippen LogP contribution in [0.25, 0.3) is 0 Å². The molecule has 3 rings (SSSR count). The molecular weight excluding hydrogens is 338 g/mol. The number of ether oxygens (including phenoxy) is 2. The molecule has 0 saturated heterocycles. The fourth-order valence-corrected chi connectivity index (χ4v) is 3.29. The summed E-state index contributed by atoms with van der Waals surface area (Å²) in [5.41, 5.74) is 1.50. The quantitative estimate of drug-likeness (QED) is 0.838. The minimum absolute atomic E-state index is 0.0389. The lowest BCUT2D eigenvalue weighted by molar-refractivity contribution is -0.124. The van der Waals surface area contributed by atoms with Crippen molar-refractivity contribution in [3.8, 4) is 11.5 Å². The second-order valence-corrected chi connectivity index (χ2v) is 6.84. The van der Waals surface area contributed by atoms with Crippen molar-refractivity contribution in [2.45, 2.75) is 31.2 Å². The third-order valence-electron chi connectivity index (χ3n) is 4.82. The Hall–Kier alpha value is -2.20. The van der Waals surface area contributed by atoms with Crippen LogP contribution in [0.3, 0.4) is 0 Å². The third-order valence-corrected chi connectivity index (χ3v) is 5.05. The van der Waals surface area contributed by atoms with E-state index < -0.39 is 5.41 Å². The molecule has 0 radical (unpaired) electrons. The molecular formula is C20H22ClNO3. The first-order valence-corrected chi connectivity index (χ1v) is 8.67. The van der Waals surface area contributed by atoms with E-state index in [0.717, 1.165) is 24.0 Å². The predicted octanol–water partition coefficient (Wildman–Crippen LogP) is 4.27. The summed E-state index contributed by atoms with van der Waals surface area (Å²) in [5, 5.41) is 3.78. The third kappa shape index (κ3) is 3.45. The molecule has 1 unspecified atom stereocenters. The Labute approximate surface area is 153 Å². The average Bonchev–Trinajstić information content (AvgIpc) is 3.43. The van der Waals surface area contributed by atoms with E-state index in [1.54, 1.807) is 14.2 Å². The summed E-state index contributed by atoms with van der Waals surface area (Å²) in [6.07, 6.45) is 1.69. The first-order chi connectivity index (χ1) is 12.0. The molecule has 132 valence electrons. The number of methoxy groups -OCH3 is 2. The summed E-state index contributed by atoms with van der Waals surface area (Å²) in [7, 11) is 3.20. The zero-order chi connectivity index (χ0) is 18.0. The van der Waals surface area contributed by atoms with Gasteiger partial charge in [-0.25, -0.2) is 0 Å². The zero-order valence-corrected chi connectivity index (χ0v) is 15.4. The van der Waals surface area contributed by atoms with E-state index in [0.29, 0.717) is 16.5 Å². The Morgan fingerprint density at radius 2 is 1.84 bits per heavy atom. The van der Waals surface area contributed by atoms with Crippen molar-refractivity contribution in [3.63, 3.8) is 0 Å². The average molecular weight is 360 g/mol. The lowest BCUT2D eigenvalue weighted by Crippen LogP contribution is -2.36. The maximum atomic E-state index is 12.9. The van der Waals surface area contributed by atoms with E-state index in [9.17, 15) is 4.79 Å². The number of nitrogens with one attached hydrogen (secondary N) is 1. The Bertz CT molecular complexity index is 786. The van der Waals surface area contributed by atoms with Gasteiger partial charge in [0.15, 0.2) is 11.5 Å². The van der Waals surface area contributed by atoms with E-state index in [4.69, 9.17) is 21.1 Å². The number of hydrogen-bond acceptors (Lipinski definition) is 3. The number of hydrogen-bond donors (Lipinski definition) is 1. The van der Waals surface area contributed by atoms with E-state index in [1.807, 2.05) is 49.4 Å². The van der Waals surface area contributed by atoms with Crippen molar-refractivity contribution in [3.05, 3.63) is 58.6 Å². The second kappa shape index (κ2) is 6.96. The molecule has 1 saturated carbocycles. The summed E-state index contributed by atoms with van der Waals surface area (Å²) in [5.74, 6) is 1.36. The fourth-order valence-electron chi connectivity index (χ4n) is 3.10. The molecule has 1 amide bonds. The predicted molar refractivity (Wildman–Crippen MR) is 98.5 cm³/mol. The van der Waals surface area contributed by atoms with Crippen molar-refractivity contribution in [2.75, 3.05) is 14.2 Å². The summed E-state index contributed by atoms with van der Waals surface area (Å²) in [6.45, 7) is 1.97. The van der Waals surface area contributed by atoms with Gasteiger partial charge in [-0.15, -0.1) is 0 Å². The van der Waals surface area contributed by atoms with Gasteiger partial charge in [-0.1, -0.05) is 29.8 Å². The van der Waals surface area contributed by atoms with Gasteiger partial charge in [0.05, 0.1) is 25.7 Å². The monoisotopic (exact) mass is 359 g/mol. The molecule has 2 aromatic rings. The maximum Gasteiger partial charge on any atom is 0.231 e. The minimum Gasteiger partial charge on any atom is -0.493 e. The lowest BCUT2D eigenvalue weighted by Gasteiger charge is -2.21. The maximum absolute atomic E-state index is 12.9. The van der Waals surface area contributed by atoms with Crippen LogP contribution < -0.4 is 14.8 Å². The van der Waals surface area contributed by atoms with Crippen LogP contribution >= 0.6 is 11.6 Å². The van der Waals surface area contributed by atoms with Gasteiger partial charge in [-0.2, -0.15) is 0 Å². The van der Waals surface area contributed by atoms with Gasteiger partial charge in [0.25, 0.3) is 0 Å². The van der Waals surface area contributed by atoms with Crippen LogP contribution in [0.5, 0.6) is 11.5 Å². The molecule has 2 aromatic carbocycles. The molecule has 1 aliphatic rings. The van der Waals surface area contributed by atoms with Crippen molar-refractivity contribution >= 4 is 17.5 Å². The molecule has 25 heavy (non-hydrogen) atoms. The van der Waals surface area contributed by atoms with E-state index in [2.05, 4.69) is 5.32 Å². The van der Waals surface area contributed by atoms with E-state index >= 15 is 0 Å². The summed E-state index contributed by atoms with van der Waals surface area (Å²) in [6, 6.07) is 13.1. The number of carbonyl (C=O) groups excluding carboxylic acids is 1. The Morgan fingerprint density at radius 3 is 2.44 bits per heavy atom. The molecule has 1 N–H and O–H groups in total. The standard InChI is InChI=1S/C20H22ClNO3/c1-13(14-7-8-17(24-2)18(11-14)25-3)22-19(23)20(9-10-20)15-5-4-6-16(21)12-15/h4-8,11-13H,9-10H2,1-3H3,(H,22,23). The molecule has 0 aromatic heterocycles. The molecule has 0 spiro atoms. The van der Waals surface area contributed by atoms with Gasteiger partial charge in [0, 0.05) is 5.02 Å². The van der Waals surface area contributed by atoms with E-state index in [1.165, 1.54) is 0 Å². The molecule has 1 fully saturated rings. The van der Waals surface area contributed by atoms with Gasteiger partial charge in [0.2, 0.25) is 5.91 Å². The lowest BCUT2D eigenvalue weighted by atomic mass is 9.94. The Kier molecular flexibility index (Phi) is 4.91. The topological polar surface area (TPSA) is 47.6 Å². The smallest absolute Gasteiger partial charge is 0.231 e. The molecule has 1 atom stereocenters. The van der Waals surface area contributed by atoms with Gasteiger partial charge >= 0.3 is 0 Å². The van der Waals surface area contributed by atoms with Crippen LogP contribution in [-0.4, -0.2) is 20.1 Å². The number of halogens is 1. The number of amides is 1. The largest absolute Gasteiger partial charge is 0.493 e. The Balaban J connectivity index is 1.77. The highest BCUT2D eigenvalue weighted by molar-refractivity contribution is 6.30. The molecule has 0 heterocycles. The van der Waals surface area contributed by atoms with Crippen molar-refractivity contribution in [1.29, 1.82) is 0 Å². The van der Waals surface area contributed by atoms with Gasteiger partial charge in [-0.3, -0.25) is 4.79 Å². The van der Waals surface area contributed by atoms with Crippen molar-refractivity contribution in [1.82, 2.24) is 5.32 Å². The van der Waals surface area contributed by atoms with Crippen LogP contribution in [0.2, 0.25) is 5.02 Å². The minimum atomic E-state index is -0.449. The molecule has 5 heteroatoms. The Morgan fingerprint density at radius 1 is 1.12 bits per heavy atom. The van der Waals surface area contributed by atoms with Gasteiger partial charge in [0.1, 0.15) is 0 Å². The van der Waals surface area contributed by atoms with Crippen LogP contribution in [0.1, 0.15) is 36.9 Å². The SMILES string of the molecule is COc1ccc(C(C)NC(=O)C2(c3cccc(Cl)c3)CC2)cc1OC. The summed E-state index contributed by atoms with van der Waals surface area (Å²) < 4.78 is 10.6. The van der Waals surface area contributed by atoms with Crippen molar-refractivity contribution < 1.29 is 14.3 Å². The van der Waals surface area contributed by atoms with Crippen LogP contribution in [0.15, 0.2) is 42.5 Å². The van der Waals surface area contributed by atoms with Crippen molar-refractivity contribution in [2.24, 2.45) is 0 Å². The van der Waals surface area contributed by atoms with Crippen LogP contribution in [-0.2, 0) is 10.2 Å². The highest BCUT2D eigenvalue weighted by Gasteiger charge is 2.51. The molecule has 0 aliphatic heterocycles. The van der Waals surface area contributed by atoms with Gasteiger partial charge < -0.3 is 14.8 Å². The van der Waals surface area contributed by atoms with Gasteiger partial charge in [-0.05, 0) is 55.2 Å². The second-order valence-electron chi connectivity index (χ2n) is 6.40. The highest BCUT2D eigenvalue weighted by atomic mass is 35.5. The molecule has 4 nitrogen and oxygen atoms in total.